The molecule has 1 N–H and O–H groups in total. The van der Waals surface area contributed by atoms with E-state index in [1.54, 1.807) is 12.1 Å². The molecule has 0 spiro atoms. The van der Waals surface area contributed by atoms with Gasteiger partial charge in [0, 0.05) is 42.3 Å². The highest BCUT2D eigenvalue weighted by atomic mass is 35.5. The van der Waals surface area contributed by atoms with E-state index < -0.39 is 0 Å². The van der Waals surface area contributed by atoms with Crippen LogP contribution in [0.4, 0.5) is 0 Å². The van der Waals surface area contributed by atoms with Gasteiger partial charge in [0.15, 0.2) is 0 Å². The van der Waals surface area contributed by atoms with Crippen LogP contribution in [-0.4, -0.2) is 50.2 Å². The van der Waals surface area contributed by atoms with Crippen molar-refractivity contribution in [3.05, 3.63) is 59.1 Å². The minimum atomic E-state index is -0.0721. The predicted molar refractivity (Wildman–Crippen MR) is 96.5 cm³/mol. The predicted octanol–water partition coefficient (Wildman–Crippen LogP) is 3.07. The maximum Gasteiger partial charge on any atom is 0.251 e. The number of benzene rings is 2. The minimum absolute atomic E-state index is 0.0721. The molecule has 1 aliphatic heterocycles. The van der Waals surface area contributed by atoms with Gasteiger partial charge in [-0.25, -0.2) is 0 Å². The Bertz CT molecular complexity index is 685. The summed E-state index contributed by atoms with van der Waals surface area (Å²) in [4.78, 5) is 14.7. The van der Waals surface area contributed by atoms with Crippen LogP contribution in [-0.2, 0) is 4.74 Å². The molecule has 4 nitrogen and oxygen atoms in total. The lowest BCUT2D eigenvalue weighted by Crippen LogP contribution is -2.41. The molecule has 24 heavy (non-hydrogen) atoms. The van der Waals surface area contributed by atoms with E-state index in [1.165, 1.54) is 0 Å². The summed E-state index contributed by atoms with van der Waals surface area (Å²) in [6, 6.07) is 15.2. The molecule has 0 bridgehead atoms. The van der Waals surface area contributed by atoms with E-state index in [1.807, 2.05) is 36.4 Å². The van der Waals surface area contributed by atoms with Crippen molar-refractivity contribution in [3.8, 4) is 11.1 Å². The topological polar surface area (TPSA) is 41.6 Å². The van der Waals surface area contributed by atoms with Gasteiger partial charge in [0.05, 0.1) is 13.2 Å². The smallest absolute Gasteiger partial charge is 0.251 e. The molecule has 1 heterocycles. The van der Waals surface area contributed by atoms with E-state index in [9.17, 15) is 4.79 Å². The lowest BCUT2D eigenvalue weighted by Gasteiger charge is -2.26. The van der Waals surface area contributed by atoms with Crippen LogP contribution in [0.3, 0.4) is 0 Å². The highest BCUT2D eigenvalue weighted by molar-refractivity contribution is 6.33. The van der Waals surface area contributed by atoms with Gasteiger partial charge in [-0.05, 0) is 23.8 Å². The fourth-order valence-corrected chi connectivity index (χ4v) is 2.99. The fraction of sp³-hybridized carbons (Fsp3) is 0.316. The molecule has 0 aromatic heterocycles. The van der Waals surface area contributed by atoms with Crippen molar-refractivity contribution in [2.75, 3.05) is 39.4 Å². The standard InChI is InChI=1S/C19H21ClN2O2/c20-18-7-6-16(14-17(18)15-4-2-1-3-5-15)19(23)21-8-9-22-10-12-24-13-11-22/h1-7,14H,8-13H2,(H,21,23). The molecule has 0 radical (unpaired) electrons. The Balaban J connectivity index is 1.62. The van der Waals surface area contributed by atoms with Crippen molar-refractivity contribution in [2.45, 2.75) is 0 Å². The van der Waals surface area contributed by atoms with E-state index in [0.29, 0.717) is 17.1 Å². The Morgan fingerprint density at radius 1 is 1.12 bits per heavy atom. The summed E-state index contributed by atoms with van der Waals surface area (Å²) >= 11 is 6.29. The first-order valence-electron chi connectivity index (χ1n) is 8.17. The molecule has 1 fully saturated rings. The molecule has 126 valence electrons. The minimum Gasteiger partial charge on any atom is -0.379 e. The van der Waals surface area contributed by atoms with Gasteiger partial charge in [-0.1, -0.05) is 41.9 Å². The number of amides is 1. The van der Waals surface area contributed by atoms with Gasteiger partial charge in [-0.15, -0.1) is 0 Å². The van der Waals surface area contributed by atoms with Crippen LogP contribution in [0.5, 0.6) is 0 Å². The number of morpholine rings is 1. The second-order valence-electron chi connectivity index (χ2n) is 5.77. The molecule has 0 aliphatic carbocycles. The summed E-state index contributed by atoms with van der Waals surface area (Å²) in [6.07, 6.45) is 0. The third-order valence-electron chi connectivity index (χ3n) is 4.13. The first-order valence-corrected chi connectivity index (χ1v) is 8.55. The normalized spacial score (nSPS) is 15.2. The van der Waals surface area contributed by atoms with Gasteiger partial charge in [0.25, 0.3) is 5.91 Å². The Hall–Kier alpha value is -1.88. The molecule has 3 rings (SSSR count). The number of rotatable bonds is 5. The number of carbonyl (C=O) groups is 1. The average Bonchev–Trinajstić information content (AvgIpc) is 2.63. The summed E-state index contributed by atoms with van der Waals surface area (Å²) in [5.41, 5.74) is 2.50. The molecule has 1 amide bonds. The largest absolute Gasteiger partial charge is 0.379 e. The number of nitrogens with zero attached hydrogens (tertiary/aromatic N) is 1. The summed E-state index contributed by atoms with van der Waals surface area (Å²) in [7, 11) is 0. The van der Waals surface area contributed by atoms with Crippen LogP contribution in [0.25, 0.3) is 11.1 Å². The van der Waals surface area contributed by atoms with E-state index >= 15 is 0 Å². The zero-order chi connectivity index (χ0) is 16.8. The van der Waals surface area contributed by atoms with Gasteiger partial charge in [0.1, 0.15) is 0 Å². The van der Waals surface area contributed by atoms with Crippen molar-refractivity contribution in [2.24, 2.45) is 0 Å². The molecular formula is C19H21ClN2O2. The maximum absolute atomic E-state index is 12.4. The Kier molecular flexibility index (Phi) is 5.86. The molecule has 1 aliphatic rings. The Morgan fingerprint density at radius 3 is 2.62 bits per heavy atom. The Morgan fingerprint density at radius 2 is 1.88 bits per heavy atom. The molecule has 0 saturated carbocycles. The van der Waals surface area contributed by atoms with Crippen molar-refractivity contribution >= 4 is 17.5 Å². The molecule has 5 heteroatoms. The van der Waals surface area contributed by atoms with E-state index in [0.717, 1.165) is 44.0 Å². The molecular weight excluding hydrogens is 324 g/mol. The van der Waals surface area contributed by atoms with Gasteiger partial charge in [-0.3, -0.25) is 9.69 Å². The van der Waals surface area contributed by atoms with Crippen LogP contribution in [0.15, 0.2) is 48.5 Å². The van der Waals surface area contributed by atoms with Crippen molar-refractivity contribution in [1.29, 1.82) is 0 Å². The van der Waals surface area contributed by atoms with Gasteiger partial charge < -0.3 is 10.1 Å². The number of nitrogens with one attached hydrogen (secondary N) is 1. The molecule has 2 aromatic rings. The van der Waals surface area contributed by atoms with Crippen molar-refractivity contribution in [3.63, 3.8) is 0 Å². The summed E-state index contributed by atoms with van der Waals surface area (Å²) in [5, 5.41) is 3.62. The zero-order valence-corrected chi connectivity index (χ0v) is 14.3. The lowest BCUT2D eigenvalue weighted by molar-refractivity contribution is 0.0383. The van der Waals surface area contributed by atoms with Gasteiger partial charge in [-0.2, -0.15) is 0 Å². The highest BCUT2D eigenvalue weighted by Gasteiger charge is 2.12. The molecule has 0 atom stereocenters. The third-order valence-corrected chi connectivity index (χ3v) is 4.46. The average molecular weight is 345 g/mol. The quantitative estimate of drug-likeness (QED) is 0.906. The van der Waals surface area contributed by atoms with E-state index in [-0.39, 0.29) is 5.91 Å². The summed E-state index contributed by atoms with van der Waals surface area (Å²) in [5.74, 6) is -0.0721. The monoisotopic (exact) mass is 344 g/mol. The van der Waals surface area contributed by atoms with Crippen LogP contribution in [0.2, 0.25) is 5.02 Å². The summed E-state index contributed by atoms with van der Waals surface area (Å²) in [6.45, 7) is 4.86. The number of hydrogen-bond acceptors (Lipinski definition) is 3. The molecule has 2 aromatic carbocycles. The maximum atomic E-state index is 12.4. The number of hydrogen-bond donors (Lipinski definition) is 1. The number of halogens is 1. The van der Waals surface area contributed by atoms with Crippen LogP contribution >= 0.6 is 11.6 Å². The fourth-order valence-electron chi connectivity index (χ4n) is 2.76. The van der Waals surface area contributed by atoms with E-state index in [4.69, 9.17) is 16.3 Å². The number of carbonyl (C=O) groups excluding carboxylic acids is 1. The zero-order valence-electron chi connectivity index (χ0n) is 13.5. The first kappa shape index (κ1) is 17.0. The molecule has 0 unspecified atom stereocenters. The van der Waals surface area contributed by atoms with Crippen LogP contribution in [0.1, 0.15) is 10.4 Å². The Labute approximate surface area is 147 Å². The second kappa shape index (κ2) is 8.29. The van der Waals surface area contributed by atoms with Gasteiger partial charge >= 0.3 is 0 Å². The summed E-state index contributed by atoms with van der Waals surface area (Å²) < 4.78 is 5.32. The van der Waals surface area contributed by atoms with Crippen molar-refractivity contribution < 1.29 is 9.53 Å². The molecule has 1 saturated heterocycles. The van der Waals surface area contributed by atoms with Crippen LogP contribution < -0.4 is 5.32 Å². The van der Waals surface area contributed by atoms with Crippen LogP contribution in [0, 0.1) is 0 Å². The van der Waals surface area contributed by atoms with E-state index in [2.05, 4.69) is 10.2 Å². The third kappa shape index (κ3) is 4.35. The first-order chi connectivity index (χ1) is 11.7. The second-order valence-corrected chi connectivity index (χ2v) is 6.18. The van der Waals surface area contributed by atoms with Gasteiger partial charge in [0.2, 0.25) is 0 Å². The SMILES string of the molecule is O=C(NCCN1CCOCC1)c1ccc(Cl)c(-c2ccccc2)c1. The lowest BCUT2D eigenvalue weighted by atomic mass is 10.0. The highest BCUT2D eigenvalue weighted by Crippen LogP contribution is 2.28. The number of ether oxygens (including phenoxy) is 1. The van der Waals surface area contributed by atoms with Crippen molar-refractivity contribution in [1.82, 2.24) is 10.2 Å².